The monoisotopic (exact) mass is 372 g/mol. The molecule has 1 aromatic rings. The molecule has 0 bridgehead atoms. The zero-order valence-electron chi connectivity index (χ0n) is 13.4. The highest BCUT2D eigenvalue weighted by Crippen LogP contribution is 2.27. The van der Waals surface area contributed by atoms with Gasteiger partial charge in [-0.15, -0.1) is 0 Å². The van der Waals surface area contributed by atoms with E-state index in [1.165, 1.54) is 4.90 Å². The lowest BCUT2D eigenvalue weighted by Crippen LogP contribution is -2.63. The van der Waals surface area contributed by atoms with Crippen LogP contribution in [0.3, 0.4) is 0 Å². The summed E-state index contributed by atoms with van der Waals surface area (Å²) in [6.45, 7) is 1.86. The third-order valence-corrected chi connectivity index (χ3v) is 4.94. The molecule has 9 heteroatoms. The van der Waals surface area contributed by atoms with Crippen molar-refractivity contribution in [2.75, 3.05) is 31.1 Å². The largest absolute Gasteiger partial charge is 0.387 e. The van der Waals surface area contributed by atoms with Gasteiger partial charge in [-0.2, -0.15) is 0 Å². The summed E-state index contributed by atoms with van der Waals surface area (Å²) in [7, 11) is 0. The van der Waals surface area contributed by atoms with Crippen molar-refractivity contribution in [1.82, 2.24) is 4.90 Å². The molecule has 138 valence electrons. The van der Waals surface area contributed by atoms with Gasteiger partial charge in [0.15, 0.2) is 12.4 Å². The van der Waals surface area contributed by atoms with Gasteiger partial charge in [0.25, 0.3) is 5.91 Å². The first-order valence-electron chi connectivity index (χ1n) is 8.06. The summed E-state index contributed by atoms with van der Waals surface area (Å²) >= 11 is 6.19. The molecule has 1 amide bonds. The van der Waals surface area contributed by atoms with Crippen molar-refractivity contribution >= 4 is 23.2 Å². The van der Waals surface area contributed by atoms with Gasteiger partial charge in [0.2, 0.25) is 0 Å². The van der Waals surface area contributed by atoms with Crippen molar-refractivity contribution in [3.05, 3.63) is 29.3 Å². The second-order valence-electron chi connectivity index (χ2n) is 6.18. The number of hydrogen-bond acceptors (Lipinski definition) is 7. The molecule has 0 spiro atoms. The van der Waals surface area contributed by atoms with Crippen LogP contribution in [0.1, 0.15) is 0 Å². The average Bonchev–Trinajstić information content (AvgIpc) is 2.63. The third kappa shape index (κ3) is 3.59. The molecule has 4 N–H and O–H groups in total. The predicted octanol–water partition coefficient (Wildman–Crippen LogP) is -1.21. The Bertz CT molecular complexity index is 624. The van der Waals surface area contributed by atoms with Gasteiger partial charge in [0.1, 0.15) is 18.3 Å². The number of piperazine rings is 1. The van der Waals surface area contributed by atoms with Crippen molar-refractivity contribution < 1.29 is 30.0 Å². The maximum atomic E-state index is 12.6. The summed E-state index contributed by atoms with van der Waals surface area (Å²) in [6.07, 6.45) is -8.05. The van der Waals surface area contributed by atoms with E-state index < -0.39 is 36.6 Å². The Morgan fingerprint density at radius 2 is 1.64 bits per heavy atom. The molecule has 2 aliphatic rings. The number of carbonyl (C=O) groups excluding carboxylic acids is 1. The lowest BCUT2D eigenvalue weighted by atomic mass is 9.98. The van der Waals surface area contributed by atoms with Crippen molar-refractivity contribution in [2.45, 2.75) is 30.7 Å². The fourth-order valence-electron chi connectivity index (χ4n) is 3.12. The van der Waals surface area contributed by atoms with Crippen LogP contribution in [0.4, 0.5) is 5.69 Å². The molecule has 0 aromatic heterocycles. The minimum absolute atomic E-state index is 0.380. The van der Waals surface area contributed by atoms with Crippen LogP contribution in [0, 0.1) is 0 Å². The number of aliphatic hydroxyl groups excluding tert-OH is 4. The van der Waals surface area contributed by atoms with E-state index >= 15 is 0 Å². The lowest BCUT2D eigenvalue weighted by Gasteiger charge is -2.42. The molecule has 5 atom stereocenters. The molecular weight excluding hydrogens is 352 g/mol. The van der Waals surface area contributed by atoms with E-state index in [0.29, 0.717) is 31.2 Å². The molecule has 2 saturated heterocycles. The van der Waals surface area contributed by atoms with E-state index in [2.05, 4.69) is 4.90 Å². The zero-order valence-corrected chi connectivity index (χ0v) is 14.2. The molecule has 2 aliphatic heterocycles. The first-order valence-corrected chi connectivity index (χ1v) is 8.44. The first kappa shape index (κ1) is 18.4. The van der Waals surface area contributed by atoms with Crippen LogP contribution in [-0.2, 0) is 9.53 Å². The molecule has 8 nitrogen and oxygen atoms in total. The van der Waals surface area contributed by atoms with Crippen LogP contribution < -0.4 is 4.90 Å². The Balaban J connectivity index is 1.63. The number of ether oxygens (including phenoxy) is 1. The Morgan fingerprint density at radius 3 is 2.28 bits per heavy atom. The number of rotatable bonds is 2. The summed E-state index contributed by atoms with van der Waals surface area (Å²) < 4.78 is 5.00. The van der Waals surface area contributed by atoms with Crippen molar-refractivity contribution in [3.63, 3.8) is 0 Å². The van der Waals surface area contributed by atoms with E-state index in [4.69, 9.17) is 16.3 Å². The summed E-state index contributed by atoms with van der Waals surface area (Å²) in [5.74, 6) is -0.531. The van der Waals surface area contributed by atoms with E-state index in [9.17, 15) is 25.2 Å². The minimum atomic E-state index is -1.73. The number of halogens is 1. The highest BCUT2D eigenvalue weighted by atomic mass is 35.5. The maximum Gasteiger partial charge on any atom is 0.254 e. The number of nitrogens with zero attached hydrogens (tertiary/aromatic N) is 2. The van der Waals surface area contributed by atoms with Crippen LogP contribution in [0.5, 0.6) is 0 Å². The molecule has 2 fully saturated rings. The number of hydrogen-bond donors (Lipinski definition) is 4. The van der Waals surface area contributed by atoms with Crippen LogP contribution in [0.15, 0.2) is 24.3 Å². The van der Waals surface area contributed by atoms with Gasteiger partial charge in [0.05, 0.1) is 10.7 Å². The van der Waals surface area contributed by atoms with E-state index in [1.54, 1.807) is 6.07 Å². The normalized spacial score (nSPS) is 33.4. The van der Waals surface area contributed by atoms with Gasteiger partial charge in [-0.05, 0) is 12.1 Å². The van der Waals surface area contributed by atoms with Crippen molar-refractivity contribution in [3.8, 4) is 0 Å². The Morgan fingerprint density at radius 1 is 1.00 bits per heavy atom. The summed E-state index contributed by atoms with van der Waals surface area (Å²) in [5, 5.41) is 39.4. The Hall–Kier alpha value is -1.42. The molecule has 25 heavy (non-hydrogen) atoms. The summed E-state index contributed by atoms with van der Waals surface area (Å²) in [5.41, 5.74) is 0.888. The second-order valence-corrected chi connectivity index (χ2v) is 6.59. The fraction of sp³-hybridized carbons (Fsp3) is 0.562. The number of para-hydroxylation sites is 1. The lowest BCUT2D eigenvalue weighted by molar-refractivity contribution is -0.278. The number of amides is 1. The third-order valence-electron chi connectivity index (χ3n) is 4.62. The molecule has 2 heterocycles. The Labute approximate surface area is 149 Å². The molecule has 3 rings (SSSR count). The van der Waals surface area contributed by atoms with E-state index in [1.807, 2.05) is 18.2 Å². The predicted molar refractivity (Wildman–Crippen MR) is 89.1 cm³/mol. The van der Waals surface area contributed by atoms with Crippen LogP contribution in [0.25, 0.3) is 0 Å². The standard InChI is InChI=1S/C16H21ClN2O6/c17-9-3-1-2-4-10(9)18-5-7-19(8-6-18)15(23)14-12(21)11(20)13(22)16(24)25-14/h1-4,11-14,16,20-22,24H,5-8H2/t11-,12-,13+,14-,16?/m0/s1. The molecule has 1 aromatic carbocycles. The highest BCUT2D eigenvalue weighted by Gasteiger charge is 2.47. The zero-order chi connectivity index (χ0) is 18.1. The van der Waals surface area contributed by atoms with Gasteiger partial charge in [0, 0.05) is 26.2 Å². The highest BCUT2D eigenvalue weighted by molar-refractivity contribution is 6.33. The maximum absolute atomic E-state index is 12.6. The van der Waals surface area contributed by atoms with E-state index in [-0.39, 0.29) is 0 Å². The number of carbonyl (C=O) groups is 1. The number of anilines is 1. The van der Waals surface area contributed by atoms with Crippen LogP contribution in [0.2, 0.25) is 5.02 Å². The molecule has 0 radical (unpaired) electrons. The minimum Gasteiger partial charge on any atom is -0.387 e. The van der Waals surface area contributed by atoms with Gasteiger partial charge < -0.3 is 35.0 Å². The Kier molecular flexibility index (Phi) is 5.47. The number of aliphatic hydroxyl groups is 4. The van der Waals surface area contributed by atoms with Crippen LogP contribution in [-0.4, -0.2) is 88.1 Å². The molecule has 0 saturated carbocycles. The number of benzene rings is 1. The van der Waals surface area contributed by atoms with Gasteiger partial charge >= 0.3 is 0 Å². The van der Waals surface area contributed by atoms with Gasteiger partial charge in [-0.3, -0.25) is 4.79 Å². The topological polar surface area (TPSA) is 114 Å². The molecule has 1 unspecified atom stereocenters. The van der Waals surface area contributed by atoms with Crippen molar-refractivity contribution in [2.24, 2.45) is 0 Å². The summed E-state index contributed by atoms with van der Waals surface area (Å²) in [6, 6.07) is 7.44. The average molecular weight is 373 g/mol. The smallest absolute Gasteiger partial charge is 0.254 e. The van der Waals surface area contributed by atoms with Crippen molar-refractivity contribution in [1.29, 1.82) is 0 Å². The summed E-state index contributed by atoms with van der Waals surface area (Å²) in [4.78, 5) is 16.1. The second kappa shape index (κ2) is 7.45. The van der Waals surface area contributed by atoms with Gasteiger partial charge in [-0.25, -0.2) is 0 Å². The first-order chi connectivity index (χ1) is 11.9. The SMILES string of the molecule is O=C([C@H]1OC(O)[C@H](O)[C@@H](O)[C@@H]1O)N1CCN(c2ccccc2Cl)CC1. The molecule has 0 aliphatic carbocycles. The quantitative estimate of drug-likeness (QED) is 0.515. The fourth-order valence-corrected chi connectivity index (χ4v) is 3.38. The van der Waals surface area contributed by atoms with Gasteiger partial charge in [-0.1, -0.05) is 23.7 Å². The van der Waals surface area contributed by atoms with E-state index in [0.717, 1.165) is 5.69 Å². The molecular formula is C16H21ClN2O6. The van der Waals surface area contributed by atoms with Crippen LogP contribution >= 0.6 is 11.6 Å².